The minimum atomic E-state index is -0.530. The minimum absolute atomic E-state index is 0.416. The van der Waals surface area contributed by atoms with Gasteiger partial charge in [0, 0.05) is 0 Å². The Bertz CT molecular complexity index is 325. The van der Waals surface area contributed by atoms with E-state index in [0.717, 1.165) is 12.0 Å². The summed E-state index contributed by atoms with van der Waals surface area (Å²) in [5, 5.41) is 1.21. The summed E-state index contributed by atoms with van der Waals surface area (Å²) in [7, 11) is 0. The van der Waals surface area contributed by atoms with Crippen molar-refractivity contribution in [1.82, 2.24) is 5.06 Å². The van der Waals surface area contributed by atoms with Crippen LogP contribution < -0.4 is 5.73 Å². The summed E-state index contributed by atoms with van der Waals surface area (Å²) in [5.41, 5.74) is 7.47. The fourth-order valence-corrected chi connectivity index (χ4v) is 1.55. The zero-order valence-corrected chi connectivity index (χ0v) is 7.77. The van der Waals surface area contributed by atoms with Crippen LogP contribution in [0.15, 0.2) is 24.3 Å². The Kier molecular flexibility index (Phi) is 2.37. The number of urea groups is 1. The minimum Gasteiger partial charge on any atom is -0.350 e. The lowest BCUT2D eigenvalue weighted by molar-refractivity contribution is -0.121. The molecule has 0 saturated carbocycles. The van der Waals surface area contributed by atoms with Crippen molar-refractivity contribution in [1.29, 1.82) is 0 Å². The number of carbonyl (C=O) groups is 1. The fourth-order valence-electron chi connectivity index (χ4n) is 1.55. The van der Waals surface area contributed by atoms with E-state index in [-0.39, 0.29) is 0 Å². The van der Waals surface area contributed by atoms with Gasteiger partial charge in [0.1, 0.15) is 6.61 Å². The van der Waals surface area contributed by atoms with E-state index < -0.39 is 6.03 Å². The van der Waals surface area contributed by atoms with Crippen LogP contribution in [0.1, 0.15) is 11.1 Å². The number of amides is 2. The zero-order valence-electron chi connectivity index (χ0n) is 7.77. The molecule has 0 atom stereocenters. The van der Waals surface area contributed by atoms with Crippen molar-refractivity contribution in [2.45, 2.75) is 13.0 Å². The quantitative estimate of drug-likeness (QED) is 0.668. The molecular weight excluding hydrogens is 180 g/mol. The summed E-state index contributed by atoms with van der Waals surface area (Å²) in [6, 6.07) is 7.46. The third-order valence-corrected chi connectivity index (χ3v) is 2.32. The lowest BCUT2D eigenvalue weighted by Gasteiger charge is -2.15. The highest BCUT2D eigenvalue weighted by Gasteiger charge is 2.16. The van der Waals surface area contributed by atoms with Crippen molar-refractivity contribution < 1.29 is 9.63 Å². The molecule has 1 aromatic carbocycles. The Morgan fingerprint density at radius 1 is 1.36 bits per heavy atom. The maximum absolute atomic E-state index is 10.9. The van der Waals surface area contributed by atoms with Gasteiger partial charge in [-0.1, -0.05) is 24.3 Å². The molecule has 2 rings (SSSR count). The third-order valence-electron chi connectivity index (χ3n) is 2.32. The molecule has 0 aromatic heterocycles. The molecule has 1 heterocycles. The van der Waals surface area contributed by atoms with Crippen LogP contribution in [-0.2, 0) is 17.9 Å². The highest BCUT2D eigenvalue weighted by Crippen LogP contribution is 2.15. The predicted molar refractivity (Wildman–Crippen MR) is 51.2 cm³/mol. The lowest BCUT2D eigenvalue weighted by Crippen LogP contribution is -2.35. The third kappa shape index (κ3) is 1.70. The number of rotatable bonds is 0. The Balaban J connectivity index is 2.18. The topological polar surface area (TPSA) is 55.6 Å². The molecule has 0 unspecified atom stereocenters. The first-order valence-electron chi connectivity index (χ1n) is 4.54. The molecular formula is C10H12N2O2. The molecule has 0 spiro atoms. The summed E-state index contributed by atoms with van der Waals surface area (Å²) in [6.07, 6.45) is 0.791. The molecule has 0 radical (unpaired) electrons. The van der Waals surface area contributed by atoms with E-state index in [1.807, 2.05) is 24.3 Å². The number of nitrogens with two attached hydrogens (primary N) is 1. The smallest absolute Gasteiger partial charge is 0.338 e. The van der Waals surface area contributed by atoms with Gasteiger partial charge in [-0.15, -0.1) is 0 Å². The molecule has 4 heteroatoms. The summed E-state index contributed by atoms with van der Waals surface area (Å²) >= 11 is 0. The van der Waals surface area contributed by atoms with Crippen molar-refractivity contribution in [2.24, 2.45) is 5.73 Å². The van der Waals surface area contributed by atoms with Gasteiger partial charge in [-0.05, 0) is 17.5 Å². The van der Waals surface area contributed by atoms with Crippen molar-refractivity contribution in [3.63, 3.8) is 0 Å². The van der Waals surface area contributed by atoms with Gasteiger partial charge in [-0.2, -0.15) is 0 Å². The average Bonchev–Trinajstić information content (AvgIpc) is 2.39. The SMILES string of the molecule is NC(=O)N1CCc2ccccc2CO1. The predicted octanol–water partition coefficient (Wildman–Crippen LogP) is 1.06. The van der Waals surface area contributed by atoms with E-state index in [9.17, 15) is 4.79 Å². The first-order valence-corrected chi connectivity index (χ1v) is 4.54. The fraction of sp³-hybridized carbons (Fsp3) is 0.300. The number of primary amides is 1. The second-order valence-electron chi connectivity index (χ2n) is 3.23. The number of carbonyl (C=O) groups excluding carboxylic acids is 1. The molecule has 0 saturated heterocycles. The van der Waals surface area contributed by atoms with E-state index in [4.69, 9.17) is 10.6 Å². The van der Waals surface area contributed by atoms with Gasteiger partial charge >= 0.3 is 6.03 Å². The molecule has 74 valence electrons. The zero-order chi connectivity index (χ0) is 9.97. The van der Waals surface area contributed by atoms with Crippen LogP contribution in [0.3, 0.4) is 0 Å². The van der Waals surface area contributed by atoms with E-state index in [1.165, 1.54) is 10.6 Å². The van der Waals surface area contributed by atoms with Gasteiger partial charge in [0.15, 0.2) is 0 Å². The number of hydrogen-bond donors (Lipinski definition) is 1. The standard InChI is InChI=1S/C10H12N2O2/c11-10(13)12-6-5-8-3-1-2-4-9(8)7-14-12/h1-4H,5-7H2,(H2,11,13). The van der Waals surface area contributed by atoms with Crippen molar-refractivity contribution in [2.75, 3.05) is 6.54 Å². The van der Waals surface area contributed by atoms with Crippen LogP contribution >= 0.6 is 0 Å². The first-order chi connectivity index (χ1) is 6.77. The largest absolute Gasteiger partial charge is 0.350 e. The second-order valence-corrected chi connectivity index (χ2v) is 3.23. The first kappa shape index (κ1) is 9.02. The highest BCUT2D eigenvalue weighted by atomic mass is 16.7. The number of hydroxylamine groups is 2. The van der Waals surface area contributed by atoms with Crippen LogP contribution in [0.4, 0.5) is 4.79 Å². The van der Waals surface area contributed by atoms with Crippen LogP contribution in [-0.4, -0.2) is 17.6 Å². The van der Waals surface area contributed by atoms with E-state index in [1.54, 1.807) is 0 Å². The Morgan fingerprint density at radius 2 is 2.07 bits per heavy atom. The van der Waals surface area contributed by atoms with Gasteiger partial charge in [0.25, 0.3) is 0 Å². The molecule has 2 N–H and O–H groups in total. The molecule has 1 aliphatic heterocycles. The van der Waals surface area contributed by atoms with E-state index >= 15 is 0 Å². The second kappa shape index (κ2) is 3.67. The van der Waals surface area contributed by atoms with Gasteiger partial charge < -0.3 is 5.73 Å². The summed E-state index contributed by atoms with van der Waals surface area (Å²) in [6.45, 7) is 0.936. The Labute approximate surface area is 82.2 Å². The molecule has 14 heavy (non-hydrogen) atoms. The maximum Gasteiger partial charge on any atom is 0.338 e. The molecule has 0 bridgehead atoms. The summed E-state index contributed by atoms with van der Waals surface area (Å²) in [4.78, 5) is 16.1. The number of nitrogens with zero attached hydrogens (tertiary/aromatic N) is 1. The number of hydrogen-bond acceptors (Lipinski definition) is 2. The van der Waals surface area contributed by atoms with Crippen LogP contribution in [0.25, 0.3) is 0 Å². The van der Waals surface area contributed by atoms with Crippen LogP contribution in [0.2, 0.25) is 0 Å². The molecule has 0 aliphatic carbocycles. The van der Waals surface area contributed by atoms with Gasteiger partial charge in [0.05, 0.1) is 6.54 Å². The van der Waals surface area contributed by atoms with E-state index in [0.29, 0.717) is 13.2 Å². The van der Waals surface area contributed by atoms with Crippen molar-refractivity contribution in [3.05, 3.63) is 35.4 Å². The normalized spacial score (nSPS) is 15.9. The van der Waals surface area contributed by atoms with Crippen LogP contribution in [0, 0.1) is 0 Å². The molecule has 4 nitrogen and oxygen atoms in total. The lowest BCUT2D eigenvalue weighted by atomic mass is 10.1. The van der Waals surface area contributed by atoms with Gasteiger partial charge in [0.2, 0.25) is 0 Å². The monoisotopic (exact) mass is 192 g/mol. The molecule has 2 amide bonds. The molecule has 0 fully saturated rings. The Morgan fingerprint density at radius 3 is 2.79 bits per heavy atom. The molecule has 1 aliphatic rings. The van der Waals surface area contributed by atoms with Gasteiger partial charge in [-0.25, -0.2) is 9.86 Å². The van der Waals surface area contributed by atoms with Gasteiger partial charge in [-0.3, -0.25) is 4.84 Å². The Hall–Kier alpha value is -1.55. The maximum atomic E-state index is 10.9. The van der Waals surface area contributed by atoms with E-state index in [2.05, 4.69) is 0 Å². The molecule has 1 aromatic rings. The average molecular weight is 192 g/mol. The highest BCUT2D eigenvalue weighted by molar-refractivity contribution is 5.70. The number of benzene rings is 1. The van der Waals surface area contributed by atoms with Crippen molar-refractivity contribution in [3.8, 4) is 0 Å². The number of fused-ring (bicyclic) bond motifs is 1. The van der Waals surface area contributed by atoms with Crippen molar-refractivity contribution >= 4 is 6.03 Å². The summed E-state index contributed by atoms with van der Waals surface area (Å²) in [5.74, 6) is 0. The van der Waals surface area contributed by atoms with Crippen LogP contribution in [0.5, 0.6) is 0 Å². The summed E-state index contributed by atoms with van der Waals surface area (Å²) < 4.78 is 0.